The van der Waals surface area contributed by atoms with Crippen molar-refractivity contribution in [2.75, 3.05) is 20.3 Å². The fraction of sp³-hybridized carbons (Fsp3) is 0.700. The first-order valence-corrected chi connectivity index (χ1v) is 5.23. The molecule has 0 aliphatic rings. The number of hydrogen-bond donors (Lipinski definition) is 1. The highest BCUT2D eigenvalue weighted by molar-refractivity contribution is 5.89. The van der Waals surface area contributed by atoms with E-state index in [1.54, 1.807) is 7.11 Å². The first-order chi connectivity index (χ1) is 7.63. The van der Waals surface area contributed by atoms with Gasteiger partial charge in [0.2, 0.25) is 0 Å². The number of nitrogens with one attached hydrogen (secondary N) is 1. The van der Waals surface area contributed by atoms with Crippen LogP contribution in [0.3, 0.4) is 0 Å². The van der Waals surface area contributed by atoms with Gasteiger partial charge in [-0.25, -0.2) is 0 Å². The van der Waals surface area contributed by atoms with Gasteiger partial charge in [-0.15, -0.1) is 0 Å². The summed E-state index contributed by atoms with van der Waals surface area (Å²) in [6.07, 6.45) is 0.703. The van der Waals surface area contributed by atoms with Gasteiger partial charge in [-0.05, 0) is 5.92 Å². The van der Waals surface area contributed by atoms with Crippen molar-refractivity contribution >= 4 is 5.91 Å². The fourth-order valence-corrected chi connectivity index (χ4v) is 1.14. The second-order valence-electron chi connectivity index (χ2n) is 3.86. The van der Waals surface area contributed by atoms with Gasteiger partial charge in [0, 0.05) is 20.1 Å². The van der Waals surface area contributed by atoms with Crippen molar-refractivity contribution in [1.82, 2.24) is 15.5 Å². The van der Waals surface area contributed by atoms with Crippen LogP contribution in [0.2, 0.25) is 0 Å². The second kappa shape index (κ2) is 6.22. The number of aromatic nitrogens is 2. The summed E-state index contributed by atoms with van der Waals surface area (Å²) >= 11 is 0. The highest BCUT2D eigenvalue weighted by Gasteiger charge is 2.14. The maximum atomic E-state index is 11.5. The predicted molar refractivity (Wildman–Crippen MR) is 57.0 cm³/mol. The highest BCUT2D eigenvalue weighted by Crippen LogP contribution is 2.04. The van der Waals surface area contributed by atoms with Crippen LogP contribution in [0.4, 0.5) is 0 Å². The third kappa shape index (κ3) is 3.98. The van der Waals surface area contributed by atoms with Gasteiger partial charge >= 0.3 is 11.8 Å². The summed E-state index contributed by atoms with van der Waals surface area (Å²) in [5, 5.41) is 6.33. The lowest BCUT2D eigenvalue weighted by Gasteiger charge is -1.99. The van der Waals surface area contributed by atoms with Gasteiger partial charge in [0.25, 0.3) is 0 Å². The zero-order chi connectivity index (χ0) is 12.0. The Bertz CT molecular complexity index is 336. The van der Waals surface area contributed by atoms with Crippen LogP contribution in [0.5, 0.6) is 0 Å². The summed E-state index contributed by atoms with van der Waals surface area (Å²) in [4.78, 5) is 15.5. The number of nitrogens with zero attached hydrogens (tertiary/aromatic N) is 2. The Morgan fingerprint density at radius 2 is 2.31 bits per heavy atom. The summed E-state index contributed by atoms with van der Waals surface area (Å²) in [6, 6.07) is 0. The summed E-state index contributed by atoms with van der Waals surface area (Å²) in [7, 11) is 1.57. The van der Waals surface area contributed by atoms with E-state index < -0.39 is 0 Å². The van der Waals surface area contributed by atoms with Gasteiger partial charge in [-0.2, -0.15) is 4.98 Å². The minimum Gasteiger partial charge on any atom is -0.383 e. The molecule has 0 unspecified atom stereocenters. The Morgan fingerprint density at radius 3 is 2.94 bits per heavy atom. The number of rotatable bonds is 6. The topological polar surface area (TPSA) is 77.2 Å². The van der Waals surface area contributed by atoms with Crippen molar-refractivity contribution < 1.29 is 14.1 Å². The molecule has 0 spiro atoms. The molecule has 1 aromatic rings. The van der Waals surface area contributed by atoms with Crippen LogP contribution in [-0.2, 0) is 11.2 Å². The molecule has 0 saturated heterocycles. The number of amides is 1. The summed E-state index contributed by atoms with van der Waals surface area (Å²) in [6.45, 7) is 4.99. The van der Waals surface area contributed by atoms with Crippen molar-refractivity contribution in [2.24, 2.45) is 5.92 Å². The van der Waals surface area contributed by atoms with E-state index in [9.17, 15) is 4.79 Å². The minimum atomic E-state index is -0.362. The maximum absolute atomic E-state index is 11.5. The molecule has 1 heterocycles. The molecule has 16 heavy (non-hydrogen) atoms. The molecule has 0 radical (unpaired) electrons. The van der Waals surface area contributed by atoms with Crippen molar-refractivity contribution in [3.63, 3.8) is 0 Å². The lowest BCUT2D eigenvalue weighted by molar-refractivity contribution is 0.0893. The van der Waals surface area contributed by atoms with E-state index in [-0.39, 0.29) is 11.8 Å². The number of carbonyl (C=O) groups excluding carboxylic acids is 1. The predicted octanol–water partition coefficient (Wildman–Crippen LogP) is 0.644. The monoisotopic (exact) mass is 227 g/mol. The van der Waals surface area contributed by atoms with Crippen molar-refractivity contribution in [3.05, 3.63) is 11.7 Å². The highest BCUT2D eigenvalue weighted by atomic mass is 16.5. The van der Waals surface area contributed by atoms with E-state index >= 15 is 0 Å². The molecule has 0 bridgehead atoms. The average molecular weight is 227 g/mol. The zero-order valence-corrected chi connectivity index (χ0v) is 9.82. The van der Waals surface area contributed by atoms with Crippen LogP contribution in [-0.4, -0.2) is 36.3 Å². The number of hydrogen-bond acceptors (Lipinski definition) is 5. The molecule has 1 N–H and O–H groups in total. The first-order valence-electron chi connectivity index (χ1n) is 5.23. The lowest BCUT2D eigenvalue weighted by Crippen LogP contribution is -2.27. The van der Waals surface area contributed by atoms with Crippen LogP contribution in [0.15, 0.2) is 4.52 Å². The smallest absolute Gasteiger partial charge is 0.315 e. The third-order valence-electron chi connectivity index (χ3n) is 1.84. The molecule has 6 heteroatoms. The van der Waals surface area contributed by atoms with Gasteiger partial charge in [0.15, 0.2) is 5.82 Å². The van der Waals surface area contributed by atoms with Gasteiger partial charge < -0.3 is 14.6 Å². The maximum Gasteiger partial charge on any atom is 0.315 e. The van der Waals surface area contributed by atoms with Gasteiger partial charge in [0.1, 0.15) is 0 Å². The summed E-state index contributed by atoms with van der Waals surface area (Å²) in [5.74, 6) is 0.639. The van der Waals surface area contributed by atoms with Crippen molar-refractivity contribution in [3.8, 4) is 0 Å². The summed E-state index contributed by atoms with van der Waals surface area (Å²) < 4.78 is 9.65. The van der Waals surface area contributed by atoms with Crippen molar-refractivity contribution in [1.29, 1.82) is 0 Å². The number of ether oxygens (including phenoxy) is 1. The molecular formula is C10H17N3O3. The van der Waals surface area contributed by atoms with E-state index in [1.165, 1.54) is 0 Å². The van der Waals surface area contributed by atoms with Crippen LogP contribution < -0.4 is 5.32 Å². The van der Waals surface area contributed by atoms with Crippen LogP contribution in [0.25, 0.3) is 0 Å². The molecule has 0 aliphatic carbocycles. The molecule has 1 aromatic heterocycles. The van der Waals surface area contributed by atoms with E-state index in [0.717, 1.165) is 0 Å². The third-order valence-corrected chi connectivity index (χ3v) is 1.84. The molecule has 90 valence electrons. The lowest BCUT2D eigenvalue weighted by atomic mass is 10.1. The first kappa shape index (κ1) is 12.6. The molecular weight excluding hydrogens is 210 g/mol. The SMILES string of the molecule is COCCNC(=O)c1nc(CC(C)C)no1. The Balaban J connectivity index is 2.46. The van der Waals surface area contributed by atoms with Gasteiger partial charge in [-0.1, -0.05) is 19.0 Å². The summed E-state index contributed by atoms with van der Waals surface area (Å²) in [5.41, 5.74) is 0. The Kier molecular flexibility index (Phi) is 4.91. The van der Waals surface area contributed by atoms with Crippen LogP contribution in [0, 0.1) is 5.92 Å². The molecule has 1 amide bonds. The van der Waals surface area contributed by atoms with Crippen LogP contribution in [0.1, 0.15) is 30.4 Å². The Morgan fingerprint density at radius 1 is 1.56 bits per heavy atom. The molecule has 0 saturated carbocycles. The Labute approximate surface area is 94.4 Å². The quantitative estimate of drug-likeness (QED) is 0.722. The van der Waals surface area contributed by atoms with E-state index in [2.05, 4.69) is 29.3 Å². The largest absolute Gasteiger partial charge is 0.383 e. The van der Waals surface area contributed by atoms with E-state index in [0.29, 0.717) is 31.3 Å². The molecule has 6 nitrogen and oxygen atoms in total. The van der Waals surface area contributed by atoms with Crippen LogP contribution >= 0.6 is 0 Å². The fourth-order valence-electron chi connectivity index (χ4n) is 1.14. The molecule has 0 fully saturated rings. The molecule has 0 aromatic carbocycles. The molecule has 0 atom stereocenters. The Hall–Kier alpha value is -1.43. The standard InChI is InChI=1S/C10H17N3O3/c1-7(2)6-8-12-10(16-13-8)9(14)11-4-5-15-3/h7H,4-6H2,1-3H3,(H,11,14). The minimum absolute atomic E-state index is 0.00625. The second-order valence-corrected chi connectivity index (χ2v) is 3.86. The van der Waals surface area contributed by atoms with E-state index in [4.69, 9.17) is 9.26 Å². The molecule has 0 aliphatic heterocycles. The van der Waals surface area contributed by atoms with Crippen molar-refractivity contribution in [2.45, 2.75) is 20.3 Å². The number of carbonyl (C=O) groups is 1. The normalized spacial score (nSPS) is 10.8. The zero-order valence-electron chi connectivity index (χ0n) is 9.82. The van der Waals surface area contributed by atoms with Gasteiger partial charge in [-0.3, -0.25) is 4.79 Å². The number of methoxy groups -OCH3 is 1. The average Bonchev–Trinajstić information content (AvgIpc) is 2.65. The van der Waals surface area contributed by atoms with E-state index in [1.807, 2.05) is 0 Å². The molecule has 1 rings (SSSR count). The van der Waals surface area contributed by atoms with Gasteiger partial charge in [0.05, 0.1) is 6.61 Å².